The van der Waals surface area contributed by atoms with E-state index in [1.807, 2.05) is 0 Å². The van der Waals surface area contributed by atoms with Gasteiger partial charge in [-0.1, -0.05) is 0 Å². The summed E-state index contributed by atoms with van der Waals surface area (Å²) in [6.45, 7) is 0. The Bertz CT molecular complexity index is 328. The maximum Gasteiger partial charge on any atom is 0.333 e. The van der Waals surface area contributed by atoms with E-state index in [0.717, 1.165) is 14.2 Å². The zero-order valence-corrected chi connectivity index (χ0v) is 10.3. The van der Waals surface area contributed by atoms with Crippen molar-refractivity contribution in [2.75, 3.05) is 14.2 Å². The van der Waals surface area contributed by atoms with Crippen LogP contribution in [0.25, 0.3) is 0 Å². The van der Waals surface area contributed by atoms with Crippen LogP contribution in [-0.2, 0) is 33.4 Å². The molecule has 2 N–H and O–H groups in total. The highest BCUT2D eigenvalue weighted by atomic mass is 16.6. The highest BCUT2D eigenvalue weighted by Gasteiger charge is 2.26. The molecule has 0 aliphatic heterocycles. The maximum atomic E-state index is 11.2. The number of hydrogen-bond donors (Lipinski definition) is 2. The Kier molecular flexibility index (Phi) is 7.30. The lowest BCUT2D eigenvalue weighted by Gasteiger charge is -2.11. The Balaban J connectivity index is 4.29. The Morgan fingerprint density at radius 2 is 1.16 bits per heavy atom. The average Bonchev–Trinajstić information content (AvgIpc) is 2.32. The molecule has 0 fully saturated rings. The predicted molar refractivity (Wildman–Crippen MR) is 57.2 cm³/mol. The van der Waals surface area contributed by atoms with Crippen LogP contribution in [0.3, 0.4) is 0 Å². The minimum Gasteiger partial charge on any atom is -0.479 e. The molecule has 9 nitrogen and oxygen atoms in total. The van der Waals surface area contributed by atoms with Crippen LogP contribution >= 0.6 is 0 Å². The fourth-order valence-corrected chi connectivity index (χ4v) is 1.06. The minimum absolute atomic E-state index is 0.664. The van der Waals surface area contributed by atoms with Crippen molar-refractivity contribution in [2.45, 2.75) is 25.0 Å². The molecule has 0 aliphatic rings. The summed E-state index contributed by atoms with van der Waals surface area (Å²) in [5.74, 6) is -5.02. The molecule has 19 heavy (non-hydrogen) atoms. The quantitative estimate of drug-likeness (QED) is 0.424. The normalized spacial score (nSPS) is 13.4. The number of carboxylic acid groups (broad SMARTS) is 2. The molecule has 0 radical (unpaired) electrons. The van der Waals surface area contributed by atoms with Crippen molar-refractivity contribution in [3.63, 3.8) is 0 Å². The van der Waals surface area contributed by atoms with Gasteiger partial charge in [0.15, 0.2) is 12.2 Å². The van der Waals surface area contributed by atoms with Crippen molar-refractivity contribution in [1.29, 1.82) is 0 Å². The number of carbonyl (C=O) groups excluding carboxylic acids is 2. The van der Waals surface area contributed by atoms with Crippen molar-refractivity contribution in [2.24, 2.45) is 0 Å². The van der Waals surface area contributed by atoms with Gasteiger partial charge >= 0.3 is 23.9 Å². The molecular formula is C10H14O9. The van der Waals surface area contributed by atoms with E-state index >= 15 is 0 Å². The van der Waals surface area contributed by atoms with Crippen LogP contribution in [0, 0.1) is 0 Å². The summed E-state index contributed by atoms with van der Waals surface area (Å²) in [7, 11) is 2.17. The van der Waals surface area contributed by atoms with Crippen LogP contribution < -0.4 is 0 Å². The number of rotatable bonds is 8. The monoisotopic (exact) mass is 278 g/mol. The first-order chi connectivity index (χ1) is 8.81. The van der Waals surface area contributed by atoms with Crippen LogP contribution in [0.15, 0.2) is 0 Å². The molecule has 0 rings (SSSR count). The maximum absolute atomic E-state index is 11.2. The molecule has 0 bridgehead atoms. The van der Waals surface area contributed by atoms with Gasteiger partial charge in [0, 0.05) is 14.2 Å². The van der Waals surface area contributed by atoms with E-state index in [9.17, 15) is 19.2 Å². The summed E-state index contributed by atoms with van der Waals surface area (Å²) in [5, 5.41) is 17.2. The molecule has 0 saturated carbocycles. The summed E-state index contributed by atoms with van der Waals surface area (Å²) in [6.07, 6.45) is -4.19. The van der Waals surface area contributed by atoms with E-state index in [0.29, 0.717) is 0 Å². The van der Waals surface area contributed by atoms with Gasteiger partial charge in [-0.05, 0) is 0 Å². The number of carbonyl (C=O) groups is 4. The summed E-state index contributed by atoms with van der Waals surface area (Å²) in [4.78, 5) is 43.5. The first kappa shape index (κ1) is 17.0. The molecule has 0 aromatic rings. The molecule has 2 unspecified atom stereocenters. The van der Waals surface area contributed by atoms with Crippen molar-refractivity contribution in [1.82, 2.24) is 0 Å². The topological polar surface area (TPSA) is 136 Å². The van der Waals surface area contributed by atoms with Crippen molar-refractivity contribution in [3.05, 3.63) is 0 Å². The highest BCUT2D eigenvalue weighted by Crippen LogP contribution is 2.04. The summed E-state index contributed by atoms with van der Waals surface area (Å²) in [6, 6.07) is 0. The fourth-order valence-electron chi connectivity index (χ4n) is 1.06. The van der Waals surface area contributed by atoms with Gasteiger partial charge in [-0.2, -0.15) is 0 Å². The third-order valence-corrected chi connectivity index (χ3v) is 2.05. The molecule has 9 heteroatoms. The second-order valence-corrected chi connectivity index (χ2v) is 3.38. The Hall–Kier alpha value is -2.00. The highest BCUT2D eigenvalue weighted by molar-refractivity contribution is 5.90. The predicted octanol–water partition coefficient (Wildman–Crippen LogP) is -0.964. The number of hydrogen-bond acceptors (Lipinski definition) is 7. The van der Waals surface area contributed by atoms with Crippen LogP contribution in [0.5, 0.6) is 0 Å². The van der Waals surface area contributed by atoms with Gasteiger partial charge in [0.25, 0.3) is 0 Å². The third kappa shape index (κ3) is 6.48. The van der Waals surface area contributed by atoms with E-state index in [4.69, 9.17) is 10.2 Å². The van der Waals surface area contributed by atoms with Gasteiger partial charge in [0.05, 0.1) is 12.8 Å². The summed E-state index contributed by atoms with van der Waals surface area (Å²) >= 11 is 0. The van der Waals surface area contributed by atoms with Gasteiger partial charge in [0.2, 0.25) is 0 Å². The van der Waals surface area contributed by atoms with Gasteiger partial charge in [0.1, 0.15) is 0 Å². The Morgan fingerprint density at radius 3 is 1.37 bits per heavy atom. The van der Waals surface area contributed by atoms with Crippen molar-refractivity contribution < 1.29 is 43.6 Å². The first-order valence-electron chi connectivity index (χ1n) is 5.06. The fraction of sp³-hybridized carbons (Fsp3) is 0.600. The van der Waals surface area contributed by atoms with Crippen LogP contribution in [-0.4, -0.2) is 60.5 Å². The summed E-state index contributed by atoms with van der Waals surface area (Å²) in [5.41, 5.74) is 0. The van der Waals surface area contributed by atoms with E-state index in [1.165, 1.54) is 0 Å². The molecule has 108 valence electrons. The number of ether oxygens (including phenoxy) is 3. The van der Waals surface area contributed by atoms with Gasteiger partial charge < -0.3 is 24.4 Å². The lowest BCUT2D eigenvalue weighted by Crippen LogP contribution is -2.30. The molecular weight excluding hydrogens is 264 g/mol. The van der Waals surface area contributed by atoms with E-state index in [2.05, 4.69) is 14.2 Å². The molecule has 0 saturated heterocycles. The van der Waals surface area contributed by atoms with Crippen molar-refractivity contribution in [3.8, 4) is 0 Å². The number of methoxy groups -OCH3 is 2. The van der Waals surface area contributed by atoms with Crippen LogP contribution in [0.2, 0.25) is 0 Å². The molecule has 0 heterocycles. The lowest BCUT2D eigenvalue weighted by molar-refractivity contribution is -0.168. The minimum atomic E-state index is -1.43. The average molecular weight is 278 g/mol. The molecule has 0 aliphatic carbocycles. The first-order valence-corrected chi connectivity index (χ1v) is 5.06. The Labute approximate surface area is 108 Å². The molecule has 0 amide bonds. The zero-order valence-electron chi connectivity index (χ0n) is 10.3. The lowest BCUT2D eigenvalue weighted by atomic mass is 10.2. The largest absolute Gasteiger partial charge is 0.479 e. The van der Waals surface area contributed by atoms with E-state index in [1.54, 1.807) is 0 Å². The molecule has 0 aromatic carbocycles. The molecule has 0 spiro atoms. The zero-order chi connectivity index (χ0) is 15.0. The SMILES string of the molecule is COC(CC(=O)OC(=O)CC(OC)C(=O)O)C(=O)O. The van der Waals surface area contributed by atoms with Gasteiger partial charge in [-0.15, -0.1) is 0 Å². The van der Waals surface area contributed by atoms with Crippen LogP contribution in [0.1, 0.15) is 12.8 Å². The third-order valence-electron chi connectivity index (χ3n) is 2.05. The second kappa shape index (κ2) is 8.16. The van der Waals surface area contributed by atoms with Crippen LogP contribution in [0.4, 0.5) is 0 Å². The number of esters is 2. The van der Waals surface area contributed by atoms with Crippen molar-refractivity contribution >= 4 is 23.9 Å². The van der Waals surface area contributed by atoms with E-state index in [-0.39, 0.29) is 0 Å². The number of aliphatic carboxylic acids is 2. The van der Waals surface area contributed by atoms with E-state index < -0.39 is 48.9 Å². The second-order valence-electron chi connectivity index (χ2n) is 3.38. The Morgan fingerprint density at radius 1 is 0.842 bits per heavy atom. The smallest absolute Gasteiger partial charge is 0.333 e. The molecule has 2 atom stereocenters. The molecule has 0 aromatic heterocycles. The summed E-state index contributed by atoms with van der Waals surface area (Å²) < 4.78 is 13.2. The number of carboxylic acids is 2. The van der Waals surface area contributed by atoms with Gasteiger partial charge in [-0.25, -0.2) is 9.59 Å². The standard InChI is InChI=1S/C10H14O9/c1-17-5(9(13)14)3-7(11)19-8(12)4-6(18-2)10(15)16/h5-6H,3-4H2,1-2H3,(H,13,14)(H,15,16). The van der Waals surface area contributed by atoms with Gasteiger partial charge in [-0.3, -0.25) is 9.59 Å².